The molecule has 1 fully saturated rings. The second-order valence-electron chi connectivity index (χ2n) is 7.43. The van der Waals surface area contributed by atoms with Crippen LogP contribution in [0.3, 0.4) is 0 Å². The van der Waals surface area contributed by atoms with E-state index in [9.17, 15) is 9.59 Å². The number of nitrogens with one attached hydrogen (secondary N) is 2. The van der Waals surface area contributed by atoms with Crippen LogP contribution in [0.15, 0.2) is 54.6 Å². The third kappa shape index (κ3) is 6.10. The van der Waals surface area contributed by atoms with Gasteiger partial charge in [-0.1, -0.05) is 48.0 Å². The van der Waals surface area contributed by atoms with Crippen LogP contribution in [0.1, 0.15) is 37.7 Å². The highest BCUT2D eigenvalue weighted by molar-refractivity contribution is 6.30. The molecule has 148 valence electrons. The van der Waals surface area contributed by atoms with Crippen LogP contribution >= 0.6 is 11.6 Å². The molecule has 2 aromatic carbocycles. The lowest BCUT2D eigenvalue weighted by Crippen LogP contribution is -2.36. The van der Waals surface area contributed by atoms with Crippen molar-refractivity contribution in [3.05, 3.63) is 65.2 Å². The predicted molar refractivity (Wildman–Crippen MR) is 113 cm³/mol. The third-order valence-corrected chi connectivity index (χ3v) is 5.58. The van der Waals surface area contributed by atoms with Crippen LogP contribution in [0.25, 0.3) is 0 Å². The minimum atomic E-state index is -0.0406. The SMILES string of the molecule is O=C(NCCCc1ccccc1)C1CCC(C(=O)Nc2cccc(Cl)c2)CC1. The largest absolute Gasteiger partial charge is 0.356 e. The van der Waals surface area contributed by atoms with Gasteiger partial charge in [0.1, 0.15) is 0 Å². The molecule has 0 aliphatic heterocycles. The van der Waals surface area contributed by atoms with Gasteiger partial charge in [0, 0.05) is 29.1 Å². The van der Waals surface area contributed by atoms with Crippen LogP contribution in [-0.4, -0.2) is 18.4 Å². The van der Waals surface area contributed by atoms with Gasteiger partial charge in [0.15, 0.2) is 0 Å². The number of aryl methyl sites for hydroxylation is 1. The highest BCUT2D eigenvalue weighted by Crippen LogP contribution is 2.30. The fourth-order valence-electron chi connectivity index (χ4n) is 3.72. The number of rotatable bonds is 7. The Balaban J connectivity index is 1.36. The maximum atomic E-state index is 12.4. The van der Waals surface area contributed by atoms with E-state index in [1.165, 1.54) is 5.56 Å². The lowest BCUT2D eigenvalue weighted by atomic mass is 9.81. The fraction of sp³-hybridized carbons (Fsp3) is 0.391. The maximum Gasteiger partial charge on any atom is 0.227 e. The number of carbonyl (C=O) groups excluding carboxylic acids is 2. The normalized spacial score (nSPS) is 19.0. The van der Waals surface area contributed by atoms with Gasteiger partial charge in [0.25, 0.3) is 0 Å². The molecule has 0 spiro atoms. The summed E-state index contributed by atoms with van der Waals surface area (Å²) in [6.45, 7) is 0.697. The van der Waals surface area contributed by atoms with E-state index in [4.69, 9.17) is 11.6 Å². The van der Waals surface area contributed by atoms with Gasteiger partial charge in [-0.15, -0.1) is 0 Å². The summed E-state index contributed by atoms with van der Waals surface area (Å²) < 4.78 is 0. The first-order chi connectivity index (χ1) is 13.6. The van der Waals surface area contributed by atoms with Crippen LogP contribution < -0.4 is 10.6 Å². The van der Waals surface area contributed by atoms with E-state index in [2.05, 4.69) is 22.8 Å². The molecule has 28 heavy (non-hydrogen) atoms. The van der Waals surface area contributed by atoms with Crippen molar-refractivity contribution in [3.63, 3.8) is 0 Å². The molecule has 1 aliphatic rings. The number of hydrogen-bond donors (Lipinski definition) is 2. The summed E-state index contributed by atoms with van der Waals surface area (Å²) in [5.41, 5.74) is 2.01. The molecule has 3 rings (SSSR count). The average molecular weight is 399 g/mol. The highest BCUT2D eigenvalue weighted by Gasteiger charge is 2.29. The van der Waals surface area contributed by atoms with E-state index in [-0.39, 0.29) is 23.7 Å². The van der Waals surface area contributed by atoms with Crippen molar-refractivity contribution in [2.24, 2.45) is 11.8 Å². The van der Waals surface area contributed by atoms with E-state index in [0.29, 0.717) is 11.6 Å². The van der Waals surface area contributed by atoms with E-state index < -0.39 is 0 Å². The zero-order valence-electron chi connectivity index (χ0n) is 16.0. The summed E-state index contributed by atoms with van der Waals surface area (Å²) >= 11 is 5.96. The predicted octanol–water partition coefficient (Wildman–Crippen LogP) is 4.83. The van der Waals surface area contributed by atoms with Crippen molar-refractivity contribution in [1.29, 1.82) is 0 Å². The van der Waals surface area contributed by atoms with Crippen LogP contribution in [-0.2, 0) is 16.0 Å². The standard InChI is InChI=1S/C23H27ClN2O2/c24-20-9-4-10-21(16-20)26-23(28)19-13-11-18(12-14-19)22(27)25-15-5-8-17-6-2-1-3-7-17/h1-4,6-7,9-10,16,18-19H,5,8,11-15H2,(H,25,27)(H,26,28). The Hall–Kier alpha value is -2.33. The van der Waals surface area contributed by atoms with Crippen molar-refractivity contribution in [1.82, 2.24) is 5.32 Å². The van der Waals surface area contributed by atoms with Gasteiger partial charge in [0.2, 0.25) is 11.8 Å². The fourth-order valence-corrected chi connectivity index (χ4v) is 3.91. The summed E-state index contributed by atoms with van der Waals surface area (Å²) in [5, 5.41) is 6.59. The van der Waals surface area contributed by atoms with Gasteiger partial charge < -0.3 is 10.6 Å². The molecule has 1 aliphatic carbocycles. The number of anilines is 1. The lowest BCUT2D eigenvalue weighted by Gasteiger charge is -2.27. The number of amides is 2. The minimum absolute atomic E-state index is 0.0176. The van der Waals surface area contributed by atoms with Gasteiger partial charge in [-0.2, -0.15) is 0 Å². The topological polar surface area (TPSA) is 58.2 Å². The van der Waals surface area contributed by atoms with Crippen molar-refractivity contribution in [3.8, 4) is 0 Å². The molecule has 1 saturated carbocycles. The second-order valence-corrected chi connectivity index (χ2v) is 7.86. The van der Waals surface area contributed by atoms with Crippen molar-refractivity contribution < 1.29 is 9.59 Å². The van der Waals surface area contributed by atoms with Crippen LogP contribution in [0.4, 0.5) is 5.69 Å². The molecule has 0 radical (unpaired) electrons. The van der Waals surface area contributed by atoms with Crippen molar-refractivity contribution in [2.45, 2.75) is 38.5 Å². The molecular formula is C23H27ClN2O2. The van der Waals surface area contributed by atoms with E-state index in [0.717, 1.165) is 44.2 Å². The molecule has 0 atom stereocenters. The smallest absolute Gasteiger partial charge is 0.227 e. The number of hydrogen-bond acceptors (Lipinski definition) is 2. The van der Waals surface area contributed by atoms with E-state index in [1.807, 2.05) is 30.3 Å². The highest BCUT2D eigenvalue weighted by atomic mass is 35.5. The number of halogens is 1. The third-order valence-electron chi connectivity index (χ3n) is 5.35. The number of carbonyl (C=O) groups is 2. The first-order valence-electron chi connectivity index (χ1n) is 10.00. The molecular weight excluding hydrogens is 372 g/mol. The molecule has 4 nitrogen and oxygen atoms in total. The summed E-state index contributed by atoms with van der Waals surface area (Å²) in [6.07, 6.45) is 4.92. The Kier molecular flexibility index (Phi) is 7.49. The first-order valence-corrected chi connectivity index (χ1v) is 10.4. The summed E-state index contributed by atoms with van der Waals surface area (Å²) in [4.78, 5) is 24.8. The second kappa shape index (κ2) is 10.3. The molecule has 0 heterocycles. The Labute approximate surface area is 171 Å². The van der Waals surface area contributed by atoms with Crippen LogP contribution in [0.5, 0.6) is 0 Å². The monoisotopic (exact) mass is 398 g/mol. The van der Waals surface area contributed by atoms with Gasteiger partial charge in [-0.25, -0.2) is 0 Å². The molecule has 5 heteroatoms. The number of benzene rings is 2. The van der Waals surface area contributed by atoms with E-state index >= 15 is 0 Å². The van der Waals surface area contributed by atoms with Crippen molar-refractivity contribution >= 4 is 29.1 Å². The Morgan fingerprint density at radius 2 is 1.57 bits per heavy atom. The van der Waals surface area contributed by atoms with Gasteiger partial charge >= 0.3 is 0 Å². The average Bonchev–Trinajstić information content (AvgIpc) is 2.72. The molecule has 2 amide bonds. The summed E-state index contributed by atoms with van der Waals surface area (Å²) in [7, 11) is 0. The van der Waals surface area contributed by atoms with Crippen LogP contribution in [0.2, 0.25) is 5.02 Å². The van der Waals surface area contributed by atoms with Gasteiger partial charge in [0.05, 0.1) is 0 Å². The van der Waals surface area contributed by atoms with Gasteiger partial charge in [-0.05, 0) is 62.3 Å². The molecule has 2 N–H and O–H groups in total. The molecule has 2 aromatic rings. The Morgan fingerprint density at radius 3 is 2.25 bits per heavy atom. The molecule has 0 unspecified atom stereocenters. The lowest BCUT2D eigenvalue weighted by molar-refractivity contribution is -0.128. The Morgan fingerprint density at radius 1 is 0.893 bits per heavy atom. The van der Waals surface area contributed by atoms with E-state index in [1.54, 1.807) is 12.1 Å². The van der Waals surface area contributed by atoms with Crippen molar-refractivity contribution in [2.75, 3.05) is 11.9 Å². The molecule has 0 aromatic heterocycles. The quantitative estimate of drug-likeness (QED) is 0.656. The zero-order valence-corrected chi connectivity index (χ0v) is 16.8. The van der Waals surface area contributed by atoms with Gasteiger partial charge in [-0.3, -0.25) is 9.59 Å². The summed E-state index contributed by atoms with van der Waals surface area (Å²) in [5.74, 6) is 0.124. The first kappa shape index (κ1) is 20.4. The Bertz CT molecular complexity index is 786. The molecule has 0 bridgehead atoms. The minimum Gasteiger partial charge on any atom is -0.356 e. The zero-order chi connectivity index (χ0) is 19.8. The van der Waals surface area contributed by atoms with Crippen LogP contribution in [0, 0.1) is 11.8 Å². The summed E-state index contributed by atoms with van der Waals surface area (Å²) in [6, 6.07) is 17.5. The maximum absolute atomic E-state index is 12.4. The molecule has 0 saturated heterocycles.